The number of hydrogen-bond donors (Lipinski definition) is 2. The van der Waals surface area contributed by atoms with Gasteiger partial charge in [-0.25, -0.2) is 9.78 Å². The van der Waals surface area contributed by atoms with Gasteiger partial charge >= 0.3 is 6.09 Å². The van der Waals surface area contributed by atoms with E-state index in [9.17, 15) is 4.79 Å². The molecule has 3 heterocycles. The molecular weight excluding hydrogens is 330 g/mol. The highest BCUT2D eigenvalue weighted by Gasteiger charge is 2.17. The van der Waals surface area contributed by atoms with Gasteiger partial charge < -0.3 is 19.5 Å². The lowest BCUT2D eigenvalue weighted by Gasteiger charge is -2.29. The van der Waals surface area contributed by atoms with Gasteiger partial charge in [-0.2, -0.15) is 11.8 Å². The van der Waals surface area contributed by atoms with Crippen molar-refractivity contribution in [3.63, 3.8) is 0 Å². The third-order valence-electron chi connectivity index (χ3n) is 4.03. The molecule has 8 heteroatoms. The number of amides is 1. The highest BCUT2D eigenvalue weighted by molar-refractivity contribution is 7.99. The van der Waals surface area contributed by atoms with Crippen molar-refractivity contribution < 1.29 is 19.4 Å². The first-order chi connectivity index (χ1) is 11.7. The number of thioether (sulfide) groups is 1. The summed E-state index contributed by atoms with van der Waals surface area (Å²) in [6, 6.07) is 3.76. The number of ether oxygens (including phenoxy) is 2. The smallest absolute Gasteiger partial charge is 0.410 e. The maximum absolute atomic E-state index is 11.0. The molecule has 1 aromatic rings. The van der Waals surface area contributed by atoms with Crippen LogP contribution in [0.15, 0.2) is 12.1 Å². The highest BCUT2D eigenvalue weighted by Crippen LogP contribution is 2.24. The first-order valence-corrected chi connectivity index (χ1v) is 9.43. The molecular formula is C16H23N3O4S. The van der Waals surface area contributed by atoms with Gasteiger partial charge in [0.2, 0.25) is 0 Å². The fourth-order valence-electron chi connectivity index (χ4n) is 2.84. The number of nitrogens with one attached hydrogen (secondary N) is 1. The van der Waals surface area contributed by atoms with Crippen molar-refractivity contribution in [1.82, 2.24) is 4.98 Å². The monoisotopic (exact) mass is 353 g/mol. The summed E-state index contributed by atoms with van der Waals surface area (Å²) in [5.74, 6) is 2.48. The van der Waals surface area contributed by atoms with Crippen molar-refractivity contribution in [1.29, 1.82) is 0 Å². The maximum atomic E-state index is 11.0. The van der Waals surface area contributed by atoms with Crippen molar-refractivity contribution in [2.45, 2.75) is 32.2 Å². The molecule has 2 fully saturated rings. The first kappa shape index (κ1) is 17.3. The van der Waals surface area contributed by atoms with Gasteiger partial charge in [0.15, 0.2) is 6.29 Å². The molecule has 2 aliphatic rings. The van der Waals surface area contributed by atoms with E-state index in [-0.39, 0.29) is 6.29 Å². The molecule has 2 N–H and O–H groups in total. The van der Waals surface area contributed by atoms with Gasteiger partial charge in [-0.3, -0.25) is 5.32 Å². The number of nitrogens with zero attached hydrogens (tertiary/aromatic N) is 2. The second-order valence-corrected chi connectivity index (χ2v) is 7.06. The molecule has 1 atom stereocenters. The number of pyridine rings is 1. The predicted octanol–water partition coefficient (Wildman–Crippen LogP) is 2.77. The zero-order chi connectivity index (χ0) is 16.8. The minimum absolute atomic E-state index is 0.188. The molecule has 132 valence electrons. The molecule has 0 aliphatic carbocycles. The zero-order valence-corrected chi connectivity index (χ0v) is 14.4. The van der Waals surface area contributed by atoms with Crippen LogP contribution in [-0.2, 0) is 16.1 Å². The third-order valence-corrected chi connectivity index (χ3v) is 4.97. The van der Waals surface area contributed by atoms with Gasteiger partial charge in [-0.1, -0.05) is 0 Å². The summed E-state index contributed by atoms with van der Waals surface area (Å²) in [6.45, 7) is 2.95. The molecule has 0 radical (unpaired) electrons. The van der Waals surface area contributed by atoms with Crippen LogP contribution in [0.3, 0.4) is 0 Å². The standard InChI is InChI=1S/C16H23N3O4S/c20-16(21)18-14-10-13(19-4-7-24-8-5-19)9-12(17-14)11-23-15-3-1-2-6-22-15/h9-10,15H,1-8,11H2,(H,17,18)(H,20,21). The second kappa shape index (κ2) is 8.55. The van der Waals surface area contributed by atoms with Crippen molar-refractivity contribution in [3.05, 3.63) is 17.8 Å². The van der Waals surface area contributed by atoms with Crippen LogP contribution < -0.4 is 10.2 Å². The lowest BCUT2D eigenvalue weighted by Crippen LogP contribution is -2.32. The Morgan fingerprint density at radius 1 is 1.42 bits per heavy atom. The number of carbonyl (C=O) groups is 1. The molecule has 1 aromatic heterocycles. The van der Waals surface area contributed by atoms with Crippen LogP contribution in [0, 0.1) is 0 Å². The van der Waals surface area contributed by atoms with Gasteiger partial charge in [0.25, 0.3) is 0 Å². The molecule has 3 rings (SSSR count). The quantitative estimate of drug-likeness (QED) is 0.842. The van der Waals surface area contributed by atoms with E-state index in [2.05, 4.69) is 15.2 Å². The minimum atomic E-state index is -1.11. The Labute approximate surface area is 145 Å². The lowest BCUT2D eigenvalue weighted by atomic mass is 10.2. The van der Waals surface area contributed by atoms with Crippen molar-refractivity contribution in [2.24, 2.45) is 0 Å². The second-order valence-electron chi connectivity index (χ2n) is 5.84. The summed E-state index contributed by atoms with van der Waals surface area (Å²) in [6.07, 6.45) is 1.77. The van der Waals surface area contributed by atoms with E-state index in [1.165, 1.54) is 0 Å². The summed E-state index contributed by atoms with van der Waals surface area (Å²) in [4.78, 5) is 17.6. The molecule has 2 saturated heterocycles. The average molecular weight is 353 g/mol. The largest absolute Gasteiger partial charge is 0.465 e. The first-order valence-electron chi connectivity index (χ1n) is 8.27. The van der Waals surface area contributed by atoms with E-state index in [0.29, 0.717) is 18.1 Å². The van der Waals surface area contributed by atoms with Gasteiger partial charge in [-0.05, 0) is 25.3 Å². The fourth-order valence-corrected chi connectivity index (χ4v) is 3.75. The van der Waals surface area contributed by atoms with E-state index < -0.39 is 6.09 Å². The Morgan fingerprint density at radius 3 is 2.96 bits per heavy atom. The van der Waals surface area contributed by atoms with Crippen molar-refractivity contribution in [2.75, 3.05) is 41.4 Å². The van der Waals surface area contributed by atoms with E-state index in [1.807, 2.05) is 17.8 Å². The summed E-state index contributed by atoms with van der Waals surface area (Å²) >= 11 is 1.93. The van der Waals surface area contributed by atoms with Crippen LogP contribution in [0.2, 0.25) is 0 Å². The zero-order valence-electron chi connectivity index (χ0n) is 13.6. The number of rotatable bonds is 5. The molecule has 0 bridgehead atoms. The number of hydrogen-bond acceptors (Lipinski definition) is 6. The van der Waals surface area contributed by atoms with Crippen LogP contribution in [0.5, 0.6) is 0 Å². The summed E-state index contributed by atoms with van der Waals surface area (Å²) in [5, 5.41) is 11.3. The molecule has 0 spiro atoms. The number of anilines is 2. The van der Waals surface area contributed by atoms with Crippen LogP contribution in [0.25, 0.3) is 0 Å². The Balaban J connectivity index is 1.71. The Bertz CT molecular complexity index is 560. The molecule has 7 nitrogen and oxygen atoms in total. The van der Waals surface area contributed by atoms with E-state index >= 15 is 0 Å². The van der Waals surface area contributed by atoms with Gasteiger partial charge in [0.1, 0.15) is 5.82 Å². The Hall–Kier alpha value is -1.51. The predicted molar refractivity (Wildman–Crippen MR) is 93.8 cm³/mol. The molecule has 1 amide bonds. The summed E-state index contributed by atoms with van der Waals surface area (Å²) in [7, 11) is 0. The molecule has 2 aliphatic heterocycles. The van der Waals surface area contributed by atoms with Crippen LogP contribution in [0.4, 0.5) is 16.3 Å². The SMILES string of the molecule is O=C(O)Nc1cc(N2CCSCC2)cc(COC2CCCCO2)n1. The van der Waals surface area contributed by atoms with E-state index in [4.69, 9.17) is 14.6 Å². The van der Waals surface area contributed by atoms with E-state index in [1.54, 1.807) is 6.07 Å². The Morgan fingerprint density at radius 2 is 2.25 bits per heavy atom. The number of carboxylic acid groups (broad SMARTS) is 1. The normalized spacial score (nSPS) is 21.5. The van der Waals surface area contributed by atoms with E-state index in [0.717, 1.165) is 56.2 Å². The fraction of sp³-hybridized carbons (Fsp3) is 0.625. The summed E-state index contributed by atoms with van der Waals surface area (Å²) < 4.78 is 11.4. The van der Waals surface area contributed by atoms with Gasteiger partial charge in [-0.15, -0.1) is 0 Å². The van der Waals surface area contributed by atoms with Crippen molar-refractivity contribution >= 4 is 29.4 Å². The lowest BCUT2D eigenvalue weighted by molar-refractivity contribution is -0.169. The maximum Gasteiger partial charge on any atom is 0.410 e. The highest BCUT2D eigenvalue weighted by atomic mass is 32.2. The molecule has 0 saturated carbocycles. The average Bonchev–Trinajstić information content (AvgIpc) is 2.61. The Kier molecular flexibility index (Phi) is 6.17. The number of aromatic nitrogens is 1. The van der Waals surface area contributed by atoms with Gasteiger partial charge in [0.05, 0.1) is 12.3 Å². The van der Waals surface area contributed by atoms with Crippen molar-refractivity contribution in [3.8, 4) is 0 Å². The summed E-state index contributed by atoms with van der Waals surface area (Å²) in [5.41, 5.74) is 1.70. The molecule has 1 unspecified atom stereocenters. The van der Waals surface area contributed by atoms with Crippen LogP contribution >= 0.6 is 11.8 Å². The molecule has 0 aromatic carbocycles. The van der Waals surface area contributed by atoms with Crippen LogP contribution in [0.1, 0.15) is 25.0 Å². The minimum Gasteiger partial charge on any atom is -0.465 e. The van der Waals surface area contributed by atoms with Gasteiger partial charge in [0, 0.05) is 43.0 Å². The topological polar surface area (TPSA) is 83.9 Å². The third kappa shape index (κ3) is 4.99. The molecule has 24 heavy (non-hydrogen) atoms. The van der Waals surface area contributed by atoms with Crippen LogP contribution in [-0.4, -0.2) is 53.7 Å².